The minimum absolute atomic E-state index is 0.335. The third-order valence-electron chi connectivity index (χ3n) is 3.24. The second-order valence-corrected chi connectivity index (χ2v) is 4.65. The number of amides is 1. The number of hydrogen-bond donors (Lipinski definition) is 2. The van der Waals surface area contributed by atoms with Gasteiger partial charge in [-0.05, 0) is 18.9 Å². The van der Waals surface area contributed by atoms with E-state index >= 15 is 0 Å². The standard InChI is InChI=1S/C11H9F4N3O3/c12-5-1-2-6(18(20)21)8(16)7(5)9(19)17-10(3-4-10)11(13,14)15/h1-2H,3-4,16H2,(H,17,19). The van der Waals surface area contributed by atoms with Gasteiger partial charge in [-0.15, -0.1) is 0 Å². The van der Waals surface area contributed by atoms with Gasteiger partial charge in [0.2, 0.25) is 0 Å². The average Bonchev–Trinajstić information content (AvgIpc) is 3.08. The Bertz CT molecular complexity index is 626. The number of nitro benzene ring substituents is 1. The summed E-state index contributed by atoms with van der Waals surface area (Å²) in [6.45, 7) is 0. The third kappa shape index (κ3) is 2.48. The third-order valence-corrected chi connectivity index (χ3v) is 3.24. The van der Waals surface area contributed by atoms with Gasteiger partial charge in [-0.25, -0.2) is 4.39 Å². The van der Waals surface area contributed by atoms with Crippen LogP contribution >= 0.6 is 0 Å². The van der Waals surface area contributed by atoms with Crippen LogP contribution in [0.5, 0.6) is 0 Å². The van der Waals surface area contributed by atoms with Crippen molar-refractivity contribution in [1.29, 1.82) is 0 Å². The van der Waals surface area contributed by atoms with Crippen LogP contribution in [-0.4, -0.2) is 22.5 Å². The van der Waals surface area contributed by atoms with Crippen LogP contribution < -0.4 is 11.1 Å². The number of halogens is 4. The topological polar surface area (TPSA) is 98.3 Å². The van der Waals surface area contributed by atoms with Crippen molar-refractivity contribution in [3.63, 3.8) is 0 Å². The van der Waals surface area contributed by atoms with Gasteiger partial charge >= 0.3 is 6.18 Å². The Labute approximate surface area is 115 Å². The molecule has 0 bridgehead atoms. The van der Waals surface area contributed by atoms with Gasteiger partial charge in [0.25, 0.3) is 11.6 Å². The number of benzene rings is 1. The summed E-state index contributed by atoms with van der Waals surface area (Å²) < 4.78 is 51.8. The molecule has 1 aliphatic rings. The van der Waals surface area contributed by atoms with E-state index < -0.39 is 45.3 Å². The lowest BCUT2D eigenvalue weighted by Gasteiger charge is -2.21. The first kappa shape index (κ1) is 15.0. The van der Waals surface area contributed by atoms with Crippen LogP contribution in [-0.2, 0) is 0 Å². The molecule has 0 atom stereocenters. The molecule has 1 saturated carbocycles. The second kappa shape index (κ2) is 4.57. The largest absolute Gasteiger partial charge is 0.411 e. The SMILES string of the molecule is Nc1c([N+](=O)[O-])ccc(F)c1C(=O)NC1(C(F)(F)F)CC1. The van der Waals surface area contributed by atoms with E-state index in [1.807, 2.05) is 0 Å². The Morgan fingerprint density at radius 2 is 1.95 bits per heavy atom. The van der Waals surface area contributed by atoms with E-state index in [0.717, 1.165) is 6.07 Å². The van der Waals surface area contributed by atoms with E-state index in [9.17, 15) is 32.5 Å². The van der Waals surface area contributed by atoms with Crippen LogP contribution in [0.15, 0.2) is 12.1 Å². The zero-order valence-corrected chi connectivity index (χ0v) is 10.3. The zero-order valence-electron chi connectivity index (χ0n) is 10.3. The van der Waals surface area contributed by atoms with Gasteiger partial charge in [-0.2, -0.15) is 13.2 Å². The molecular formula is C11H9F4N3O3. The molecule has 1 fully saturated rings. The highest BCUT2D eigenvalue weighted by molar-refractivity contribution is 6.01. The molecule has 0 unspecified atom stereocenters. The Kier molecular flexibility index (Phi) is 3.27. The quantitative estimate of drug-likeness (QED) is 0.387. The van der Waals surface area contributed by atoms with E-state index in [-0.39, 0.29) is 12.8 Å². The summed E-state index contributed by atoms with van der Waals surface area (Å²) in [6, 6.07) is 1.34. The summed E-state index contributed by atoms with van der Waals surface area (Å²) in [7, 11) is 0. The number of rotatable bonds is 3. The van der Waals surface area contributed by atoms with Crippen LogP contribution in [0.2, 0.25) is 0 Å². The highest BCUT2D eigenvalue weighted by Crippen LogP contribution is 2.49. The summed E-state index contributed by atoms with van der Waals surface area (Å²) >= 11 is 0. The predicted octanol–water partition coefficient (Wildman–Crippen LogP) is 2.14. The molecule has 1 aliphatic carbocycles. The molecule has 3 N–H and O–H groups in total. The number of carbonyl (C=O) groups is 1. The molecule has 21 heavy (non-hydrogen) atoms. The molecular weight excluding hydrogens is 298 g/mol. The maximum atomic E-state index is 13.6. The molecule has 1 amide bonds. The van der Waals surface area contributed by atoms with Gasteiger partial charge < -0.3 is 11.1 Å². The molecule has 10 heteroatoms. The molecule has 1 aromatic rings. The highest BCUT2D eigenvalue weighted by Gasteiger charge is 2.64. The first-order valence-corrected chi connectivity index (χ1v) is 5.71. The number of carbonyl (C=O) groups excluding carboxylic acids is 1. The Hall–Kier alpha value is -2.39. The van der Waals surface area contributed by atoms with Gasteiger partial charge in [-0.1, -0.05) is 0 Å². The fourth-order valence-corrected chi connectivity index (χ4v) is 1.86. The first-order chi connectivity index (χ1) is 9.59. The number of nitrogens with two attached hydrogens (primary N) is 1. The fraction of sp³-hybridized carbons (Fsp3) is 0.364. The number of nitrogens with zero attached hydrogens (tertiary/aromatic N) is 1. The highest BCUT2D eigenvalue weighted by atomic mass is 19.4. The van der Waals surface area contributed by atoms with Crippen molar-refractivity contribution in [3.8, 4) is 0 Å². The molecule has 2 rings (SSSR count). The predicted molar refractivity (Wildman–Crippen MR) is 63.0 cm³/mol. The Balaban J connectivity index is 2.37. The summed E-state index contributed by atoms with van der Waals surface area (Å²) in [5.74, 6) is -2.66. The first-order valence-electron chi connectivity index (χ1n) is 5.71. The van der Waals surface area contributed by atoms with Crippen LogP contribution in [0.3, 0.4) is 0 Å². The van der Waals surface area contributed by atoms with Gasteiger partial charge in [-0.3, -0.25) is 14.9 Å². The average molecular weight is 307 g/mol. The van der Waals surface area contributed by atoms with Crippen molar-refractivity contribution in [1.82, 2.24) is 5.32 Å². The molecule has 0 aliphatic heterocycles. The van der Waals surface area contributed by atoms with Crippen molar-refractivity contribution in [3.05, 3.63) is 33.6 Å². The van der Waals surface area contributed by atoms with E-state index in [4.69, 9.17) is 5.73 Å². The summed E-state index contributed by atoms with van der Waals surface area (Å²) in [6.07, 6.45) is -5.36. The summed E-state index contributed by atoms with van der Waals surface area (Å²) in [5, 5.41) is 12.3. The normalized spacial score (nSPS) is 16.4. The molecule has 6 nitrogen and oxygen atoms in total. The smallest absolute Gasteiger partial charge is 0.392 e. The molecule has 0 spiro atoms. The maximum Gasteiger partial charge on any atom is 0.411 e. The van der Waals surface area contributed by atoms with Crippen molar-refractivity contribution >= 4 is 17.3 Å². The molecule has 1 aromatic carbocycles. The van der Waals surface area contributed by atoms with Gasteiger partial charge in [0, 0.05) is 6.07 Å². The minimum atomic E-state index is -4.69. The number of anilines is 1. The Morgan fingerprint density at radius 3 is 2.38 bits per heavy atom. The maximum absolute atomic E-state index is 13.6. The molecule has 0 radical (unpaired) electrons. The lowest BCUT2D eigenvalue weighted by Crippen LogP contribution is -2.48. The summed E-state index contributed by atoms with van der Waals surface area (Å²) in [5.41, 5.74) is 0.382. The molecule has 0 aromatic heterocycles. The van der Waals surface area contributed by atoms with E-state index in [1.54, 1.807) is 5.32 Å². The van der Waals surface area contributed by atoms with E-state index in [0.29, 0.717) is 6.07 Å². The second-order valence-electron chi connectivity index (χ2n) is 4.65. The number of hydrogen-bond acceptors (Lipinski definition) is 4. The fourth-order valence-electron chi connectivity index (χ4n) is 1.86. The van der Waals surface area contributed by atoms with Gasteiger partial charge in [0.05, 0.1) is 4.92 Å². The van der Waals surface area contributed by atoms with Crippen molar-refractivity contribution < 1.29 is 27.3 Å². The molecule has 114 valence electrons. The van der Waals surface area contributed by atoms with Crippen LogP contribution in [0.25, 0.3) is 0 Å². The van der Waals surface area contributed by atoms with Gasteiger partial charge in [0.1, 0.15) is 22.6 Å². The van der Waals surface area contributed by atoms with E-state index in [2.05, 4.69) is 0 Å². The lowest BCUT2D eigenvalue weighted by atomic mass is 10.1. The van der Waals surface area contributed by atoms with Gasteiger partial charge in [0.15, 0.2) is 0 Å². The lowest BCUT2D eigenvalue weighted by molar-refractivity contribution is -0.384. The van der Waals surface area contributed by atoms with Crippen molar-refractivity contribution in [2.45, 2.75) is 24.6 Å². The van der Waals surface area contributed by atoms with Crippen LogP contribution in [0.4, 0.5) is 28.9 Å². The number of alkyl halides is 3. The Morgan fingerprint density at radius 1 is 1.38 bits per heavy atom. The van der Waals surface area contributed by atoms with E-state index in [1.165, 1.54) is 0 Å². The monoisotopic (exact) mass is 307 g/mol. The summed E-state index contributed by atoms with van der Waals surface area (Å²) in [4.78, 5) is 21.5. The number of nitrogens with one attached hydrogen (secondary N) is 1. The molecule has 0 saturated heterocycles. The molecule has 0 heterocycles. The zero-order chi connectivity index (χ0) is 16.0. The minimum Gasteiger partial charge on any atom is -0.392 e. The van der Waals surface area contributed by atoms with Crippen molar-refractivity contribution in [2.24, 2.45) is 0 Å². The number of nitrogen functional groups attached to an aromatic ring is 1. The van der Waals surface area contributed by atoms with Crippen LogP contribution in [0.1, 0.15) is 23.2 Å². The number of nitro groups is 1. The van der Waals surface area contributed by atoms with Crippen LogP contribution in [0, 0.1) is 15.9 Å². The van der Waals surface area contributed by atoms with Crippen molar-refractivity contribution in [2.75, 3.05) is 5.73 Å².